The summed E-state index contributed by atoms with van der Waals surface area (Å²) in [5, 5.41) is 3.24. The van der Waals surface area contributed by atoms with Crippen molar-refractivity contribution >= 4 is 39.1 Å². The van der Waals surface area contributed by atoms with Gasteiger partial charge in [-0.3, -0.25) is 13.9 Å². The number of anilines is 1. The number of sulfonamides is 1. The molecule has 0 fully saturated rings. The lowest BCUT2D eigenvalue weighted by Crippen LogP contribution is -2.53. The number of carbonyl (C=O) groups is 2. The Morgan fingerprint density at radius 1 is 0.949 bits per heavy atom. The van der Waals surface area contributed by atoms with Gasteiger partial charge in [-0.1, -0.05) is 72.6 Å². The topological polar surface area (TPSA) is 86.8 Å². The van der Waals surface area contributed by atoms with Gasteiger partial charge in [-0.05, 0) is 69.5 Å². The molecule has 0 saturated carbocycles. The Morgan fingerprint density at radius 3 is 2.18 bits per heavy atom. The van der Waals surface area contributed by atoms with Crippen molar-refractivity contribution in [2.24, 2.45) is 0 Å². The van der Waals surface area contributed by atoms with Crippen molar-refractivity contribution in [3.05, 3.63) is 94.5 Å². The highest BCUT2D eigenvalue weighted by molar-refractivity contribution is 7.92. The first-order valence-electron chi connectivity index (χ1n) is 12.9. The van der Waals surface area contributed by atoms with E-state index in [1.165, 1.54) is 17.0 Å². The maximum atomic E-state index is 14.1. The predicted octanol–water partition coefficient (Wildman–Crippen LogP) is 5.48. The fourth-order valence-electron chi connectivity index (χ4n) is 4.28. The quantitative estimate of drug-likeness (QED) is 0.331. The molecule has 1 atom stereocenters. The second kappa shape index (κ2) is 13.1. The van der Waals surface area contributed by atoms with Crippen LogP contribution in [-0.2, 0) is 26.2 Å². The smallest absolute Gasteiger partial charge is 0.264 e. The molecule has 0 saturated heterocycles. The van der Waals surface area contributed by atoms with Crippen molar-refractivity contribution in [3.8, 4) is 0 Å². The van der Waals surface area contributed by atoms with Crippen molar-refractivity contribution in [2.75, 3.05) is 10.8 Å². The SMILES string of the molecule is CCC(C(=O)NC(C)C)N(Cc1ccccc1)C(=O)CN(c1cc(Cl)ccc1C)S(=O)(=O)c1ccc(C)cc1. The van der Waals surface area contributed by atoms with Gasteiger partial charge in [0.2, 0.25) is 11.8 Å². The van der Waals surface area contributed by atoms with Gasteiger partial charge in [0.25, 0.3) is 10.0 Å². The van der Waals surface area contributed by atoms with E-state index in [0.29, 0.717) is 22.7 Å². The van der Waals surface area contributed by atoms with E-state index in [9.17, 15) is 18.0 Å². The maximum Gasteiger partial charge on any atom is 0.264 e. The molecule has 3 aromatic carbocycles. The molecule has 9 heteroatoms. The first kappa shape index (κ1) is 30.2. The highest BCUT2D eigenvalue weighted by Gasteiger charge is 2.34. The van der Waals surface area contributed by atoms with Gasteiger partial charge in [0.1, 0.15) is 12.6 Å². The van der Waals surface area contributed by atoms with Crippen molar-refractivity contribution in [2.45, 2.75) is 64.6 Å². The molecule has 1 unspecified atom stereocenters. The lowest BCUT2D eigenvalue weighted by Gasteiger charge is -2.34. The second-order valence-electron chi connectivity index (χ2n) is 9.85. The zero-order valence-corrected chi connectivity index (χ0v) is 24.6. The Kier molecular flexibility index (Phi) is 10.2. The van der Waals surface area contributed by atoms with Crippen LogP contribution in [-0.4, -0.2) is 43.8 Å². The number of nitrogens with one attached hydrogen (secondary N) is 1. The summed E-state index contributed by atoms with van der Waals surface area (Å²) >= 11 is 6.28. The van der Waals surface area contributed by atoms with Gasteiger partial charge in [0.15, 0.2) is 0 Å². The van der Waals surface area contributed by atoms with E-state index in [0.717, 1.165) is 15.4 Å². The summed E-state index contributed by atoms with van der Waals surface area (Å²) in [4.78, 5) is 28.7. The molecule has 1 N–H and O–H groups in total. The minimum atomic E-state index is -4.16. The Hall–Kier alpha value is -3.36. The summed E-state index contributed by atoms with van der Waals surface area (Å²) in [7, 11) is -4.16. The number of nitrogens with zero attached hydrogens (tertiary/aromatic N) is 2. The standard InChI is InChI=1S/C30H36ClN3O4S/c1-6-27(30(36)32-21(2)3)33(19-24-10-8-7-9-11-24)29(35)20-34(28-18-25(31)15-14-23(28)5)39(37,38)26-16-12-22(4)13-17-26/h7-18,21,27H,6,19-20H2,1-5H3,(H,32,36). The third-order valence-corrected chi connectivity index (χ3v) is 8.35. The largest absolute Gasteiger partial charge is 0.352 e. The molecule has 3 rings (SSSR count). The van der Waals surface area contributed by atoms with Crippen molar-refractivity contribution < 1.29 is 18.0 Å². The number of hydrogen-bond donors (Lipinski definition) is 1. The van der Waals surface area contributed by atoms with Crippen LogP contribution in [0.2, 0.25) is 5.02 Å². The number of carbonyl (C=O) groups excluding carboxylic acids is 2. The predicted molar refractivity (Wildman–Crippen MR) is 156 cm³/mol. The highest BCUT2D eigenvalue weighted by atomic mass is 35.5. The molecule has 0 aliphatic rings. The molecule has 3 aromatic rings. The summed E-state index contributed by atoms with van der Waals surface area (Å²) in [5.41, 5.74) is 2.68. The Morgan fingerprint density at radius 2 is 1.59 bits per heavy atom. The monoisotopic (exact) mass is 569 g/mol. The molecule has 0 bridgehead atoms. The van der Waals surface area contributed by atoms with E-state index in [2.05, 4.69) is 5.32 Å². The third kappa shape index (κ3) is 7.61. The van der Waals surface area contributed by atoms with Gasteiger partial charge in [0, 0.05) is 17.6 Å². The van der Waals surface area contributed by atoms with Gasteiger partial charge in [0.05, 0.1) is 10.6 Å². The number of hydrogen-bond acceptors (Lipinski definition) is 4. The van der Waals surface area contributed by atoms with Crippen LogP contribution < -0.4 is 9.62 Å². The molecule has 0 aliphatic carbocycles. The Bertz CT molecular complexity index is 1390. The van der Waals surface area contributed by atoms with Crippen LogP contribution in [0.4, 0.5) is 5.69 Å². The lowest BCUT2D eigenvalue weighted by molar-refractivity contribution is -0.140. The minimum absolute atomic E-state index is 0.0551. The summed E-state index contributed by atoms with van der Waals surface area (Å²) in [6.45, 7) is 8.81. The normalized spacial score (nSPS) is 12.2. The van der Waals surface area contributed by atoms with Crippen LogP contribution in [0.3, 0.4) is 0 Å². The first-order chi connectivity index (χ1) is 18.4. The highest BCUT2D eigenvalue weighted by Crippen LogP contribution is 2.30. The van der Waals surface area contributed by atoms with E-state index in [1.807, 2.05) is 58.0 Å². The molecular formula is C30H36ClN3O4S. The minimum Gasteiger partial charge on any atom is -0.352 e. The number of benzene rings is 3. The van der Waals surface area contributed by atoms with Gasteiger partial charge in [-0.2, -0.15) is 0 Å². The number of halogens is 1. The number of amides is 2. The first-order valence-corrected chi connectivity index (χ1v) is 14.7. The second-order valence-corrected chi connectivity index (χ2v) is 12.1. The van der Waals surface area contributed by atoms with Gasteiger partial charge in [-0.25, -0.2) is 8.42 Å². The summed E-state index contributed by atoms with van der Waals surface area (Å²) in [6.07, 6.45) is 0.359. The molecule has 208 valence electrons. The molecule has 7 nitrogen and oxygen atoms in total. The van der Waals surface area contributed by atoms with Crippen molar-refractivity contribution in [1.82, 2.24) is 10.2 Å². The average molecular weight is 570 g/mol. The molecule has 2 amide bonds. The lowest BCUT2D eigenvalue weighted by atomic mass is 10.1. The molecular weight excluding hydrogens is 534 g/mol. The van der Waals surface area contributed by atoms with Crippen molar-refractivity contribution in [3.63, 3.8) is 0 Å². The Balaban J connectivity index is 2.09. The summed E-state index contributed by atoms with van der Waals surface area (Å²) in [5.74, 6) is -0.789. The molecule has 0 aliphatic heterocycles. The Labute approximate surface area is 236 Å². The van der Waals surface area contributed by atoms with Crippen LogP contribution in [0, 0.1) is 13.8 Å². The van der Waals surface area contributed by atoms with Crippen LogP contribution in [0.1, 0.15) is 43.9 Å². The number of rotatable bonds is 11. The average Bonchev–Trinajstić information content (AvgIpc) is 2.89. The molecule has 0 spiro atoms. The van der Waals surface area contributed by atoms with Crippen LogP contribution >= 0.6 is 11.6 Å². The molecule has 0 aromatic heterocycles. The van der Waals surface area contributed by atoms with E-state index >= 15 is 0 Å². The van der Waals surface area contributed by atoms with Crippen LogP contribution in [0.15, 0.2) is 77.7 Å². The summed E-state index contributed by atoms with van der Waals surface area (Å²) < 4.78 is 29.0. The molecule has 39 heavy (non-hydrogen) atoms. The fourth-order valence-corrected chi connectivity index (χ4v) is 5.92. The van der Waals surface area contributed by atoms with Gasteiger partial charge < -0.3 is 10.2 Å². The van der Waals surface area contributed by atoms with Gasteiger partial charge >= 0.3 is 0 Å². The molecule has 0 radical (unpaired) electrons. The third-order valence-electron chi connectivity index (χ3n) is 6.34. The van der Waals surface area contributed by atoms with Crippen LogP contribution in [0.25, 0.3) is 0 Å². The van der Waals surface area contributed by atoms with E-state index in [1.54, 1.807) is 37.3 Å². The maximum absolute atomic E-state index is 14.1. The van der Waals surface area contributed by atoms with Gasteiger partial charge in [-0.15, -0.1) is 0 Å². The zero-order valence-electron chi connectivity index (χ0n) is 23.0. The van der Waals surface area contributed by atoms with E-state index in [-0.39, 0.29) is 23.4 Å². The van der Waals surface area contributed by atoms with Crippen LogP contribution in [0.5, 0.6) is 0 Å². The van der Waals surface area contributed by atoms with E-state index in [4.69, 9.17) is 11.6 Å². The zero-order chi connectivity index (χ0) is 28.7. The number of aryl methyl sites for hydroxylation is 2. The van der Waals surface area contributed by atoms with Crippen molar-refractivity contribution in [1.29, 1.82) is 0 Å². The molecule has 0 heterocycles. The fraction of sp³-hybridized carbons (Fsp3) is 0.333. The van der Waals surface area contributed by atoms with E-state index < -0.39 is 28.5 Å². The summed E-state index contributed by atoms with van der Waals surface area (Å²) in [6, 6.07) is 19.8.